The van der Waals surface area contributed by atoms with Crippen LogP contribution in [-0.2, 0) is 4.74 Å². The van der Waals surface area contributed by atoms with Gasteiger partial charge < -0.3 is 10.1 Å². The molecule has 0 aliphatic heterocycles. The molecule has 0 aliphatic carbocycles. The summed E-state index contributed by atoms with van der Waals surface area (Å²) >= 11 is 5.94. The van der Waals surface area contributed by atoms with Gasteiger partial charge in [0.05, 0.1) is 12.1 Å². The van der Waals surface area contributed by atoms with E-state index in [4.69, 9.17) is 16.5 Å². The lowest BCUT2D eigenvalue weighted by Crippen LogP contribution is -2.44. The van der Waals surface area contributed by atoms with Crippen molar-refractivity contribution in [3.8, 4) is 0 Å². The van der Waals surface area contributed by atoms with Crippen LogP contribution in [0.25, 0.3) is 0 Å². The zero-order chi connectivity index (χ0) is 16.2. The monoisotopic (exact) mass is 318 g/mol. The SMILES string of the molecule is CCOC=Nn1c(NC)nn(C(=O)N(Cl)C(C)(C)C)c1=O. The quantitative estimate of drug-likeness (QED) is 0.510. The van der Waals surface area contributed by atoms with Gasteiger partial charge in [0, 0.05) is 18.8 Å². The summed E-state index contributed by atoms with van der Waals surface area (Å²) in [6, 6.07) is -0.768. The number of hydrogen-bond acceptors (Lipinski definition) is 6. The van der Waals surface area contributed by atoms with Gasteiger partial charge in [-0.25, -0.2) is 14.0 Å². The minimum Gasteiger partial charge on any atom is -0.482 e. The van der Waals surface area contributed by atoms with E-state index in [0.29, 0.717) is 11.3 Å². The Morgan fingerprint density at radius 1 is 1.57 bits per heavy atom. The predicted octanol–water partition coefficient (Wildman–Crippen LogP) is 1.14. The number of halogens is 1. The fourth-order valence-corrected chi connectivity index (χ4v) is 1.34. The van der Waals surface area contributed by atoms with Crippen LogP contribution in [0, 0.1) is 0 Å². The van der Waals surface area contributed by atoms with Crippen molar-refractivity contribution in [2.24, 2.45) is 5.10 Å². The Morgan fingerprint density at radius 3 is 2.67 bits per heavy atom. The molecule has 0 aliphatic rings. The molecule has 1 heterocycles. The highest BCUT2D eigenvalue weighted by molar-refractivity contribution is 6.21. The van der Waals surface area contributed by atoms with E-state index in [1.807, 2.05) is 0 Å². The Balaban J connectivity index is 3.22. The molecule has 1 rings (SSSR count). The first kappa shape index (κ1) is 17.0. The van der Waals surface area contributed by atoms with E-state index in [1.165, 1.54) is 0 Å². The summed E-state index contributed by atoms with van der Waals surface area (Å²) in [4.78, 5) is 24.4. The third kappa shape index (κ3) is 3.75. The number of ether oxygens (including phenoxy) is 1. The lowest BCUT2D eigenvalue weighted by Gasteiger charge is -2.27. The molecule has 0 atom stereocenters. The molecule has 1 amide bonds. The average molecular weight is 319 g/mol. The van der Waals surface area contributed by atoms with Gasteiger partial charge in [0.25, 0.3) is 0 Å². The minimum atomic E-state index is -0.768. The Labute approximate surface area is 127 Å². The van der Waals surface area contributed by atoms with E-state index in [9.17, 15) is 9.59 Å². The highest BCUT2D eigenvalue weighted by Gasteiger charge is 2.29. The predicted molar refractivity (Wildman–Crippen MR) is 79.8 cm³/mol. The van der Waals surface area contributed by atoms with Gasteiger partial charge in [-0.2, -0.15) is 0 Å². The van der Waals surface area contributed by atoms with E-state index in [0.717, 1.165) is 15.5 Å². The molecular weight excluding hydrogens is 300 g/mol. The maximum absolute atomic E-state index is 12.2. The van der Waals surface area contributed by atoms with Crippen LogP contribution in [0.1, 0.15) is 27.7 Å². The number of anilines is 1. The molecule has 21 heavy (non-hydrogen) atoms. The Bertz CT molecular complexity index is 586. The van der Waals surface area contributed by atoms with E-state index < -0.39 is 17.3 Å². The standard InChI is InChI=1S/C11H19ClN6O3/c1-6-21-7-14-16-8(13-5)15-17(9(16)19)10(20)18(12)11(2,3)4/h7H,6H2,1-5H3,(H,13,15). The molecule has 0 unspecified atom stereocenters. The molecule has 1 aromatic rings. The third-order valence-electron chi connectivity index (χ3n) is 2.32. The Morgan fingerprint density at radius 2 is 2.19 bits per heavy atom. The molecule has 1 aromatic heterocycles. The summed E-state index contributed by atoms with van der Waals surface area (Å²) in [5.41, 5.74) is -1.42. The van der Waals surface area contributed by atoms with E-state index >= 15 is 0 Å². The van der Waals surface area contributed by atoms with E-state index in [1.54, 1.807) is 34.7 Å². The molecular formula is C11H19ClN6O3. The van der Waals surface area contributed by atoms with Gasteiger partial charge >= 0.3 is 11.7 Å². The fraction of sp³-hybridized carbons (Fsp3) is 0.636. The summed E-state index contributed by atoms with van der Waals surface area (Å²) in [6.07, 6.45) is 1.10. The van der Waals surface area contributed by atoms with Gasteiger partial charge in [0.15, 0.2) is 6.40 Å². The molecule has 0 aromatic carbocycles. The molecule has 0 spiro atoms. The number of carbonyl (C=O) groups excluding carboxylic acids is 1. The van der Waals surface area contributed by atoms with Crippen molar-refractivity contribution >= 4 is 30.2 Å². The second kappa shape index (κ2) is 6.61. The lowest BCUT2D eigenvalue weighted by atomic mass is 10.1. The van der Waals surface area contributed by atoms with Crippen molar-refractivity contribution in [1.29, 1.82) is 0 Å². The zero-order valence-corrected chi connectivity index (χ0v) is 13.4. The number of aromatic nitrogens is 3. The van der Waals surface area contributed by atoms with Crippen LogP contribution < -0.4 is 11.0 Å². The highest BCUT2D eigenvalue weighted by atomic mass is 35.5. The van der Waals surface area contributed by atoms with Gasteiger partial charge in [-0.1, -0.05) is 0 Å². The van der Waals surface area contributed by atoms with Crippen LogP contribution in [0.15, 0.2) is 9.90 Å². The maximum atomic E-state index is 12.2. The first-order valence-electron chi connectivity index (χ1n) is 6.28. The highest BCUT2D eigenvalue weighted by Crippen LogP contribution is 2.17. The van der Waals surface area contributed by atoms with Gasteiger partial charge in [-0.3, -0.25) is 0 Å². The second-order valence-corrected chi connectivity index (χ2v) is 5.33. The van der Waals surface area contributed by atoms with Crippen LogP contribution >= 0.6 is 11.8 Å². The largest absolute Gasteiger partial charge is 0.482 e. The van der Waals surface area contributed by atoms with Gasteiger partial charge in [0.1, 0.15) is 0 Å². The Hall–Kier alpha value is -2.03. The molecule has 0 saturated carbocycles. The van der Waals surface area contributed by atoms with Gasteiger partial charge in [-0.05, 0) is 27.7 Å². The number of nitrogens with one attached hydrogen (secondary N) is 1. The summed E-state index contributed by atoms with van der Waals surface area (Å²) in [7, 11) is 1.55. The van der Waals surface area contributed by atoms with Gasteiger partial charge in [-0.15, -0.1) is 19.6 Å². The van der Waals surface area contributed by atoms with Crippen molar-refractivity contribution in [2.45, 2.75) is 33.2 Å². The van der Waals surface area contributed by atoms with Crippen molar-refractivity contribution in [3.63, 3.8) is 0 Å². The summed E-state index contributed by atoms with van der Waals surface area (Å²) < 4.78 is 7.36. The number of rotatable bonds is 4. The van der Waals surface area contributed by atoms with Crippen molar-refractivity contribution < 1.29 is 9.53 Å². The van der Waals surface area contributed by atoms with Crippen LogP contribution in [-0.4, -0.2) is 50.5 Å². The van der Waals surface area contributed by atoms with E-state index in [2.05, 4.69) is 15.5 Å². The first-order chi connectivity index (χ1) is 9.73. The van der Waals surface area contributed by atoms with Crippen LogP contribution in [0.4, 0.5) is 10.7 Å². The lowest BCUT2D eigenvalue weighted by molar-refractivity contribution is 0.196. The number of hydrogen-bond donors (Lipinski definition) is 1. The molecule has 10 heteroatoms. The number of amides is 1. The van der Waals surface area contributed by atoms with Gasteiger partial charge in [0.2, 0.25) is 5.95 Å². The minimum absolute atomic E-state index is 0.0864. The molecule has 9 nitrogen and oxygen atoms in total. The number of carbonyl (C=O) groups is 1. The molecule has 0 fully saturated rings. The fourth-order valence-electron chi connectivity index (χ4n) is 1.27. The zero-order valence-electron chi connectivity index (χ0n) is 12.6. The molecule has 1 N–H and O–H groups in total. The Kier molecular flexibility index (Phi) is 5.36. The summed E-state index contributed by atoms with van der Waals surface area (Å²) in [5, 5.41) is 10.3. The van der Waals surface area contributed by atoms with Crippen molar-refractivity contribution in [2.75, 3.05) is 19.0 Å². The topological polar surface area (TPSA) is 93.8 Å². The molecule has 0 bridgehead atoms. The molecule has 118 valence electrons. The number of nitrogens with zero attached hydrogens (tertiary/aromatic N) is 5. The second-order valence-electron chi connectivity index (χ2n) is 4.99. The van der Waals surface area contributed by atoms with E-state index in [-0.39, 0.29) is 5.95 Å². The average Bonchev–Trinajstić information content (AvgIpc) is 2.73. The molecule has 0 radical (unpaired) electrons. The summed E-state index contributed by atoms with van der Waals surface area (Å²) in [5.74, 6) is 0.0864. The normalized spacial score (nSPS) is 11.7. The smallest absolute Gasteiger partial charge is 0.377 e. The van der Waals surface area contributed by atoms with Crippen LogP contribution in [0.2, 0.25) is 0 Å². The van der Waals surface area contributed by atoms with Crippen molar-refractivity contribution in [1.82, 2.24) is 18.9 Å². The van der Waals surface area contributed by atoms with Crippen molar-refractivity contribution in [3.05, 3.63) is 10.5 Å². The molecule has 0 saturated heterocycles. The van der Waals surface area contributed by atoms with Crippen LogP contribution in [0.3, 0.4) is 0 Å². The maximum Gasteiger partial charge on any atom is 0.377 e. The summed E-state index contributed by atoms with van der Waals surface area (Å²) in [6.45, 7) is 7.36. The first-order valence-corrected chi connectivity index (χ1v) is 6.62. The van der Waals surface area contributed by atoms with Crippen LogP contribution in [0.5, 0.6) is 0 Å². The third-order valence-corrected chi connectivity index (χ3v) is 2.97.